The zero-order valence-corrected chi connectivity index (χ0v) is 17.6. The molecule has 154 valence electrons. The van der Waals surface area contributed by atoms with E-state index < -0.39 is 17.1 Å². The molecule has 0 bridgehead atoms. The highest BCUT2D eigenvalue weighted by Gasteiger charge is 2.39. The van der Waals surface area contributed by atoms with Crippen molar-refractivity contribution < 1.29 is 14.3 Å². The fourth-order valence-electron chi connectivity index (χ4n) is 3.63. The number of nitrogens with one attached hydrogen (secondary N) is 2. The first-order chi connectivity index (χ1) is 13.1. The molecule has 7 heteroatoms. The fraction of sp³-hybridized carbons (Fsp3) is 0.524. The van der Waals surface area contributed by atoms with Gasteiger partial charge in [-0.2, -0.15) is 0 Å². The van der Waals surface area contributed by atoms with E-state index in [9.17, 15) is 9.59 Å². The number of nitrogens with two attached hydrogens (primary N) is 1. The van der Waals surface area contributed by atoms with E-state index in [4.69, 9.17) is 22.2 Å². The van der Waals surface area contributed by atoms with Crippen LogP contribution in [0.1, 0.15) is 58.4 Å². The van der Waals surface area contributed by atoms with Crippen LogP contribution >= 0.6 is 11.6 Å². The van der Waals surface area contributed by atoms with E-state index in [1.165, 1.54) is 0 Å². The van der Waals surface area contributed by atoms with Crippen LogP contribution in [-0.2, 0) is 9.53 Å². The SMILES string of the molecule is CC(C)(C)OC(=O)NCC1(C(=Cc2cccc(Cl)c2)C(=O)NN)CCCCC1. The number of carbonyl (C=O) groups is 2. The third-order valence-corrected chi connectivity index (χ3v) is 5.12. The van der Waals surface area contributed by atoms with Crippen LogP contribution in [0.2, 0.25) is 5.02 Å². The monoisotopic (exact) mass is 407 g/mol. The quantitative estimate of drug-likeness (QED) is 0.295. The maximum absolute atomic E-state index is 12.7. The summed E-state index contributed by atoms with van der Waals surface area (Å²) in [5.41, 5.74) is 2.53. The standard InChI is InChI=1S/C21H30ClN3O3/c1-20(2,3)28-19(27)24-14-21(10-5-4-6-11-21)17(18(26)25-23)13-15-8-7-9-16(22)12-15/h7-9,12-13H,4-6,10-11,14,23H2,1-3H3,(H,24,27)(H,25,26). The Morgan fingerprint density at radius 2 is 1.93 bits per heavy atom. The number of carbonyl (C=O) groups excluding carboxylic acids is 2. The maximum Gasteiger partial charge on any atom is 0.407 e. The summed E-state index contributed by atoms with van der Waals surface area (Å²) < 4.78 is 5.36. The van der Waals surface area contributed by atoms with Gasteiger partial charge in [0.2, 0.25) is 0 Å². The van der Waals surface area contributed by atoms with Gasteiger partial charge in [-0.15, -0.1) is 0 Å². The molecule has 28 heavy (non-hydrogen) atoms. The van der Waals surface area contributed by atoms with Crippen LogP contribution in [0.15, 0.2) is 29.8 Å². The highest BCUT2D eigenvalue weighted by Crippen LogP contribution is 2.43. The average Bonchev–Trinajstić information content (AvgIpc) is 2.63. The first-order valence-corrected chi connectivity index (χ1v) is 9.99. The minimum atomic E-state index is -0.585. The normalized spacial score (nSPS) is 17.0. The molecule has 0 atom stereocenters. The van der Waals surface area contributed by atoms with Crippen molar-refractivity contribution in [2.24, 2.45) is 11.3 Å². The Bertz CT molecular complexity index is 735. The molecular weight excluding hydrogens is 378 g/mol. The fourth-order valence-corrected chi connectivity index (χ4v) is 3.82. The van der Waals surface area contributed by atoms with Crippen LogP contribution in [0.25, 0.3) is 6.08 Å². The average molecular weight is 408 g/mol. The lowest BCUT2D eigenvalue weighted by Crippen LogP contribution is -2.46. The van der Waals surface area contributed by atoms with Crippen molar-refractivity contribution in [3.05, 3.63) is 40.4 Å². The smallest absolute Gasteiger partial charge is 0.407 e. The van der Waals surface area contributed by atoms with Crippen LogP contribution in [-0.4, -0.2) is 24.1 Å². The van der Waals surface area contributed by atoms with Gasteiger partial charge in [0.15, 0.2) is 0 Å². The van der Waals surface area contributed by atoms with E-state index in [0.717, 1.165) is 37.7 Å². The third-order valence-electron chi connectivity index (χ3n) is 4.89. The molecule has 1 aliphatic carbocycles. The predicted octanol–water partition coefficient (Wildman–Crippen LogP) is 4.19. The van der Waals surface area contributed by atoms with Gasteiger partial charge in [-0.25, -0.2) is 10.6 Å². The van der Waals surface area contributed by atoms with Crippen molar-refractivity contribution in [2.45, 2.75) is 58.5 Å². The largest absolute Gasteiger partial charge is 0.444 e. The number of ether oxygens (including phenoxy) is 1. The van der Waals surface area contributed by atoms with E-state index in [-0.39, 0.29) is 5.91 Å². The number of halogens is 1. The highest BCUT2D eigenvalue weighted by molar-refractivity contribution is 6.30. The molecule has 1 aromatic carbocycles. The summed E-state index contributed by atoms with van der Waals surface area (Å²) in [7, 11) is 0. The number of hydrazine groups is 1. The first-order valence-electron chi connectivity index (χ1n) is 9.61. The zero-order valence-electron chi connectivity index (χ0n) is 16.8. The van der Waals surface area contributed by atoms with Gasteiger partial charge in [0.25, 0.3) is 5.91 Å². The Balaban J connectivity index is 2.35. The summed E-state index contributed by atoms with van der Waals surface area (Å²) in [6.07, 6.45) is 5.93. The molecule has 1 saturated carbocycles. The predicted molar refractivity (Wildman–Crippen MR) is 112 cm³/mol. The number of hydrogen-bond acceptors (Lipinski definition) is 4. The summed E-state index contributed by atoms with van der Waals surface area (Å²) in [5, 5.41) is 3.45. The highest BCUT2D eigenvalue weighted by atomic mass is 35.5. The lowest BCUT2D eigenvalue weighted by atomic mass is 9.68. The second-order valence-corrected chi connectivity index (χ2v) is 8.72. The van der Waals surface area contributed by atoms with Crippen molar-refractivity contribution in [1.29, 1.82) is 0 Å². The Kier molecular flexibility index (Phi) is 7.49. The van der Waals surface area contributed by atoms with E-state index >= 15 is 0 Å². The van der Waals surface area contributed by atoms with Crippen molar-refractivity contribution in [1.82, 2.24) is 10.7 Å². The molecule has 1 aliphatic rings. The van der Waals surface area contributed by atoms with Gasteiger partial charge in [-0.05, 0) is 57.4 Å². The minimum Gasteiger partial charge on any atom is -0.444 e. The summed E-state index contributed by atoms with van der Waals surface area (Å²) in [5.74, 6) is 5.13. The molecule has 2 amide bonds. The Morgan fingerprint density at radius 3 is 2.50 bits per heavy atom. The van der Waals surface area contributed by atoms with Crippen molar-refractivity contribution >= 4 is 29.7 Å². The molecule has 1 aromatic rings. The summed E-state index contributed by atoms with van der Waals surface area (Å²) >= 11 is 6.10. The maximum atomic E-state index is 12.7. The van der Waals surface area contributed by atoms with Crippen LogP contribution in [0, 0.1) is 5.41 Å². The van der Waals surface area contributed by atoms with Gasteiger partial charge in [0.1, 0.15) is 5.60 Å². The lowest BCUT2D eigenvalue weighted by Gasteiger charge is -2.39. The third kappa shape index (κ3) is 6.24. The van der Waals surface area contributed by atoms with E-state index in [1.807, 2.05) is 39.0 Å². The zero-order chi connectivity index (χ0) is 20.8. The Labute approximate surface area is 171 Å². The lowest BCUT2D eigenvalue weighted by molar-refractivity contribution is -0.118. The molecule has 4 N–H and O–H groups in total. The number of alkyl carbamates (subject to hydrolysis) is 1. The van der Waals surface area contributed by atoms with Gasteiger partial charge in [-0.3, -0.25) is 10.2 Å². The molecule has 6 nitrogen and oxygen atoms in total. The minimum absolute atomic E-state index is 0.307. The van der Waals surface area contributed by atoms with Gasteiger partial charge in [0.05, 0.1) is 0 Å². The Morgan fingerprint density at radius 1 is 1.25 bits per heavy atom. The van der Waals surface area contributed by atoms with Crippen molar-refractivity contribution in [2.75, 3.05) is 6.54 Å². The Hall–Kier alpha value is -2.05. The van der Waals surface area contributed by atoms with Crippen LogP contribution in [0.4, 0.5) is 4.79 Å². The second kappa shape index (κ2) is 9.43. The number of rotatable bonds is 5. The molecular formula is C21H30ClN3O3. The molecule has 0 unspecified atom stereocenters. The number of benzene rings is 1. The molecule has 0 radical (unpaired) electrons. The van der Waals surface area contributed by atoms with Crippen molar-refractivity contribution in [3.63, 3.8) is 0 Å². The number of amides is 2. The second-order valence-electron chi connectivity index (χ2n) is 8.28. The van der Waals surface area contributed by atoms with Crippen LogP contribution in [0.3, 0.4) is 0 Å². The first kappa shape index (κ1) is 22.2. The van der Waals surface area contributed by atoms with E-state index in [0.29, 0.717) is 17.1 Å². The molecule has 0 spiro atoms. The summed E-state index contributed by atoms with van der Waals surface area (Å²) in [6.45, 7) is 5.75. The van der Waals surface area contributed by atoms with Gasteiger partial charge in [-0.1, -0.05) is 43.0 Å². The molecule has 1 fully saturated rings. The molecule has 2 rings (SSSR count). The molecule has 0 heterocycles. The molecule has 0 saturated heterocycles. The van der Waals surface area contributed by atoms with E-state index in [2.05, 4.69) is 10.7 Å². The van der Waals surface area contributed by atoms with Gasteiger partial charge in [0, 0.05) is 22.6 Å². The molecule has 0 aliphatic heterocycles. The topological polar surface area (TPSA) is 93.4 Å². The van der Waals surface area contributed by atoms with Crippen LogP contribution < -0.4 is 16.6 Å². The van der Waals surface area contributed by atoms with E-state index in [1.54, 1.807) is 12.1 Å². The van der Waals surface area contributed by atoms with Gasteiger partial charge < -0.3 is 10.1 Å². The van der Waals surface area contributed by atoms with Crippen molar-refractivity contribution in [3.8, 4) is 0 Å². The van der Waals surface area contributed by atoms with Gasteiger partial charge >= 0.3 is 6.09 Å². The van der Waals surface area contributed by atoms with Crippen LogP contribution in [0.5, 0.6) is 0 Å². The summed E-state index contributed by atoms with van der Waals surface area (Å²) in [4.78, 5) is 24.9. The number of hydrogen-bond donors (Lipinski definition) is 3. The molecule has 0 aromatic heterocycles. The summed E-state index contributed by atoms with van der Waals surface area (Å²) in [6, 6.07) is 7.29.